The lowest BCUT2D eigenvalue weighted by Crippen LogP contribution is -2.31. The maximum atomic E-state index is 13.2. The summed E-state index contributed by atoms with van der Waals surface area (Å²) in [7, 11) is 0. The molecular weight excluding hydrogens is 421 g/mol. The summed E-state index contributed by atoms with van der Waals surface area (Å²) in [5.41, 5.74) is 3.17. The van der Waals surface area contributed by atoms with Crippen molar-refractivity contribution in [2.75, 3.05) is 24.6 Å². The molecule has 0 radical (unpaired) electrons. The summed E-state index contributed by atoms with van der Waals surface area (Å²) in [5.74, 6) is 0.552. The highest BCUT2D eigenvalue weighted by atomic mass is 19.4. The average molecular weight is 448 g/mol. The van der Waals surface area contributed by atoms with E-state index in [4.69, 9.17) is 9.26 Å². The van der Waals surface area contributed by atoms with Gasteiger partial charge in [0.25, 0.3) is 0 Å². The number of alkyl halides is 3. The highest BCUT2D eigenvalue weighted by molar-refractivity contribution is 5.85. The number of aliphatic hydroxyl groups is 1. The van der Waals surface area contributed by atoms with Crippen molar-refractivity contribution in [2.24, 2.45) is 0 Å². The van der Waals surface area contributed by atoms with Gasteiger partial charge in [0.2, 0.25) is 0 Å². The summed E-state index contributed by atoms with van der Waals surface area (Å²) in [6, 6.07) is 9.05. The summed E-state index contributed by atoms with van der Waals surface area (Å²) >= 11 is 0. The van der Waals surface area contributed by atoms with E-state index in [2.05, 4.69) is 22.2 Å². The van der Waals surface area contributed by atoms with Crippen LogP contribution in [0.25, 0.3) is 11.0 Å². The van der Waals surface area contributed by atoms with Gasteiger partial charge >= 0.3 is 6.18 Å². The molecule has 1 aromatic heterocycles. The number of aromatic nitrogens is 1. The Labute approximate surface area is 184 Å². The van der Waals surface area contributed by atoms with Crippen molar-refractivity contribution >= 4 is 16.7 Å². The molecule has 0 fully saturated rings. The number of aryl methyl sites for hydroxylation is 2. The van der Waals surface area contributed by atoms with Gasteiger partial charge in [-0.2, -0.15) is 13.2 Å². The summed E-state index contributed by atoms with van der Waals surface area (Å²) in [6.45, 7) is 4.23. The lowest BCUT2D eigenvalue weighted by molar-refractivity contribution is -0.141. The van der Waals surface area contributed by atoms with Crippen molar-refractivity contribution in [3.05, 3.63) is 52.7 Å². The maximum absolute atomic E-state index is 13.2. The van der Waals surface area contributed by atoms with Crippen molar-refractivity contribution in [1.29, 1.82) is 0 Å². The molecule has 0 saturated carbocycles. The lowest BCUT2D eigenvalue weighted by atomic mass is 9.99. The van der Waals surface area contributed by atoms with E-state index in [0.29, 0.717) is 24.3 Å². The number of aliphatic hydroxyl groups excluding tert-OH is 1. The largest absolute Gasteiger partial charge is 0.493 e. The zero-order chi connectivity index (χ0) is 22.7. The zero-order valence-corrected chi connectivity index (χ0v) is 18.0. The molecule has 0 amide bonds. The Morgan fingerprint density at radius 1 is 1.22 bits per heavy atom. The Balaban J connectivity index is 1.43. The van der Waals surface area contributed by atoms with Gasteiger partial charge in [0.1, 0.15) is 5.75 Å². The van der Waals surface area contributed by atoms with Crippen LogP contribution in [-0.2, 0) is 25.6 Å². The van der Waals surface area contributed by atoms with Gasteiger partial charge in [-0.1, -0.05) is 30.6 Å². The zero-order valence-electron chi connectivity index (χ0n) is 18.0. The molecule has 5 nitrogen and oxygen atoms in total. The Kier molecular flexibility index (Phi) is 6.60. The second-order valence-corrected chi connectivity index (χ2v) is 8.11. The van der Waals surface area contributed by atoms with Gasteiger partial charge in [0.15, 0.2) is 11.3 Å². The van der Waals surface area contributed by atoms with Crippen molar-refractivity contribution in [1.82, 2.24) is 5.16 Å². The number of nitrogens with zero attached hydrogens (tertiary/aromatic N) is 2. The van der Waals surface area contributed by atoms with Crippen molar-refractivity contribution in [3.63, 3.8) is 0 Å². The molecule has 0 aliphatic carbocycles. The molecule has 0 bridgehead atoms. The first kappa shape index (κ1) is 22.5. The fourth-order valence-electron chi connectivity index (χ4n) is 4.36. The minimum absolute atomic E-state index is 0.0273. The quantitative estimate of drug-likeness (QED) is 0.460. The molecule has 2 aromatic carbocycles. The summed E-state index contributed by atoms with van der Waals surface area (Å²) in [4.78, 5) is 2.32. The SMILES string of the molecule is CCCc1c(OCCCN2CCCc3cc(CO)ccc32)ccc2c(C(F)(F)F)noc12. The minimum atomic E-state index is -4.56. The second kappa shape index (κ2) is 9.40. The molecule has 1 aliphatic heterocycles. The number of halogens is 3. The summed E-state index contributed by atoms with van der Waals surface area (Å²) < 4.78 is 50.6. The van der Waals surface area contributed by atoms with Crippen LogP contribution in [0, 0.1) is 0 Å². The van der Waals surface area contributed by atoms with Gasteiger partial charge in [0, 0.05) is 24.3 Å². The molecular formula is C24H27F3N2O3. The Hall–Kier alpha value is -2.74. The monoisotopic (exact) mass is 448 g/mol. The number of ether oxygens (including phenoxy) is 1. The number of benzene rings is 2. The van der Waals surface area contributed by atoms with E-state index in [1.165, 1.54) is 17.3 Å². The molecule has 2 heterocycles. The van der Waals surface area contributed by atoms with Crippen LogP contribution >= 0.6 is 0 Å². The second-order valence-electron chi connectivity index (χ2n) is 8.11. The van der Waals surface area contributed by atoms with Gasteiger partial charge < -0.3 is 19.3 Å². The first-order chi connectivity index (χ1) is 15.4. The van der Waals surface area contributed by atoms with Crippen molar-refractivity contribution < 1.29 is 27.5 Å². The molecule has 1 N–H and O–H groups in total. The molecule has 1 aliphatic rings. The smallest absolute Gasteiger partial charge is 0.437 e. The fourth-order valence-corrected chi connectivity index (χ4v) is 4.36. The van der Waals surface area contributed by atoms with E-state index in [1.807, 2.05) is 13.0 Å². The number of anilines is 1. The third-order valence-corrected chi connectivity index (χ3v) is 5.84. The van der Waals surface area contributed by atoms with Crippen molar-refractivity contribution in [3.8, 4) is 5.75 Å². The predicted molar refractivity (Wildman–Crippen MR) is 116 cm³/mol. The standard InChI is InChI=1S/C24H27F3N2O3/c1-2-5-18-21(10-8-19-22(18)32-28-23(19)24(25,26)27)31-13-4-12-29-11-3-6-17-14-16(15-30)7-9-20(17)29/h7-10,14,30H,2-6,11-13,15H2,1H3. The average Bonchev–Trinajstić information content (AvgIpc) is 3.22. The molecule has 0 saturated heterocycles. The first-order valence-electron chi connectivity index (χ1n) is 11.0. The van der Waals surface area contributed by atoms with E-state index in [0.717, 1.165) is 44.3 Å². The van der Waals surface area contributed by atoms with Gasteiger partial charge in [-0.15, -0.1) is 0 Å². The number of rotatable bonds is 8. The van der Waals surface area contributed by atoms with Gasteiger partial charge in [0.05, 0.1) is 18.6 Å². The van der Waals surface area contributed by atoms with E-state index in [1.54, 1.807) is 6.07 Å². The van der Waals surface area contributed by atoms with Gasteiger partial charge in [-0.25, -0.2) is 0 Å². The van der Waals surface area contributed by atoms with Crippen LogP contribution in [0.5, 0.6) is 5.75 Å². The van der Waals surface area contributed by atoms with E-state index < -0.39 is 11.9 Å². The molecule has 8 heteroatoms. The van der Waals surface area contributed by atoms with Gasteiger partial charge in [-0.05, 0) is 55.0 Å². The Bertz CT molecular complexity index is 1080. The number of hydrogen-bond acceptors (Lipinski definition) is 5. The molecule has 172 valence electrons. The van der Waals surface area contributed by atoms with E-state index in [9.17, 15) is 18.3 Å². The normalized spacial score (nSPS) is 14.1. The molecule has 4 rings (SSSR count). The maximum Gasteiger partial charge on any atom is 0.437 e. The van der Waals surface area contributed by atoms with Crippen LogP contribution < -0.4 is 9.64 Å². The summed E-state index contributed by atoms with van der Waals surface area (Å²) in [5, 5.41) is 12.6. The highest BCUT2D eigenvalue weighted by Crippen LogP contribution is 2.38. The topological polar surface area (TPSA) is 58.7 Å². The Morgan fingerprint density at radius 2 is 2.06 bits per heavy atom. The van der Waals surface area contributed by atoms with Gasteiger partial charge in [-0.3, -0.25) is 0 Å². The van der Waals surface area contributed by atoms with Crippen LogP contribution in [0.2, 0.25) is 0 Å². The molecule has 0 unspecified atom stereocenters. The lowest BCUT2D eigenvalue weighted by Gasteiger charge is -2.31. The van der Waals surface area contributed by atoms with Crippen LogP contribution in [0.1, 0.15) is 48.6 Å². The fraction of sp³-hybridized carbons (Fsp3) is 0.458. The van der Waals surface area contributed by atoms with Crippen LogP contribution in [0.4, 0.5) is 18.9 Å². The molecule has 32 heavy (non-hydrogen) atoms. The molecule has 3 aromatic rings. The third kappa shape index (κ3) is 4.55. The predicted octanol–water partition coefficient (Wildman–Crippen LogP) is 5.51. The minimum Gasteiger partial charge on any atom is -0.493 e. The van der Waals surface area contributed by atoms with E-state index >= 15 is 0 Å². The molecule has 0 spiro atoms. The molecule has 0 atom stereocenters. The third-order valence-electron chi connectivity index (χ3n) is 5.84. The number of fused-ring (bicyclic) bond motifs is 2. The Morgan fingerprint density at radius 3 is 2.81 bits per heavy atom. The highest BCUT2D eigenvalue weighted by Gasteiger charge is 2.37. The number of hydrogen-bond donors (Lipinski definition) is 1. The van der Waals surface area contributed by atoms with Crippen LogP contribution in [-0.4, -0.2) is 30.0 Å². The van der Waals surface area contributed by atoms with Crippen molar-refractivity contribution in [2.45, 2.75) is 51.8 Å². The van der Waals surface area contributed by atoms with Crippen LogP contribution in [0.3, 0.4) is 0 Å². The summed E-state index contributed by atoms with van der Waals surface area (Å²) in [6.07, 6.45) is -0.417. The van der Waals surface area contributed by atoms with Crippen LogP contribution in [0.15, 0.2) is 34.9 Å². The van der Waals surface area contributed by atoms with E-state index in [-0.39, 0.29) is 17.6 Å². The first-order valence-corrected chi connectivity index (χ1v) is 11.0.